The highest BCUT2D eigenvalue weighted by Gasteiger charge is 2.53. The summed E-state index contributed by atoms with van der Waals surface area (Å²) in [6.07, 6.45) is 7.71. The summed E-state index contributed by atoms with van der Waals surface area (Å²) >= 11 is 0. The Balaban J connectivity index is 1.40. The van der Waals surface area contributed by atoms with Gasteiger partial charge in [0.15, 0.2) is 0 Å². The van der Waals surface area contributed by atoms with Crippen molar-refractivity contribution in [3.05, 3.63) is 48.0 Å². The number of rotatable bonds is 7. The van der Waals surface area contributed by atoms with E-state index in [1.165, 1.54) is 0 Å². The van der Waals surface area contributed by atoms with E-state index in [0.29, 0.717) is 18.4 Å². The Morgan fingerprint density at radius 1 is 1.18 bits per heavy atom. The van der Waals surface area contributed by atoms with Gasteiger partial charge in [0.1, 0.15) is 11.6 Å². The van der Waals surface area contributed by atoms with Crippen LogP contribution in [0.3, 0.4) is 0 Å². The van der Waals surface area contributed by atoms with Crippen molar-refractivity contribution in [1.29, 1.82) is 0 Å². The maximum absolute atomic E-state index is 13.3. The lowest BCUT2D eigenvalue weighted by molar-refractivity contribution is -0.135. The van der Waals surface area contributed by atoms with Crippen molar-refractivity contribution in [2.75, 3.05) is 33.9 Å². The maximum atomic E-state index is 13.3. The Morgan fingerprint density at radius 3 is 2.50 bits per heavy atom. The largest absolute Gasteiger partial charge is 0.497 e. The molecule has 0 spiro atoms. The zero-order valence-corrected chi connectivity index (χ0v) is 16.8. The van der Waals surface area contributed by atoms with E-state index < -0.39 is 0 Å². The molecule has 1 aliphatic carbocycles. The highest BCUT2D eigenvalue weighted by atomic mass is 16.5. The summed E-state index contributed by atoms with van der Waals surface area (Å²) in [6.45, 7) is 3.12. The summed E-state index contributed by atoms with van der Waals surface area (Å²) < 4.78 is 12.6. The highest BCUT2D eigenvalue weighted by Crippen LogP contribution is 2.50. The van der Waals surface area contributed by atoms with E-state index in [0.717, 1.165) is 62.5 Å². The number of ether oxygens (including phenoxy) is 2. The lowest BCUT2D eigenvalue weighted by atomic mass is 9.91. The Bertz CT molecular complexity index is 803. The smallest absolute Gasteiger partial charge is 0.233 e. The summed E-state index contributed by atoms with van der Waals surface area (Å²) in [4.78, 5) is 19.9. The minimum absolute atomic E-state index is 0.291. The molecule has 150 valence electrons. The van der Waals surface area contributed by atoms with E-state index in [4.69, 9.17) is 9.47 Å². The van der Waals surface area contributed by atoms with Crippen LogP contribution in [0.1, 0.15) is 43.0 Å². The SMILES string of the molecule is COCCn1ccnc1C1CCN(C(=O)C2(c3ccc(OC)cc3)CC2)CC1. The van der Waals surface area contributed by atoms with Crippen LogP contribution in [0.2, 0.25) is 0 Å². The van der Waals surface area contributed by atoms with E-state index >= 15 is 0 Å². The van der Waals surface area contributed by atoms with Crippen molar-refractivity contribution < 1.29 is 14.3 Å². The van der Waals surface area contributed by atoms with Gasteiger partial charge in [-0.2, -0.15) is 0 Å². The Kier molecular flexibility index (Phi) is 5.40. The van der Waals surface area contributed by atoms with Crippen molar-refractivity contribution in [3.63, 3.8) is 0 Å². The molecule has 1 amide bonds. The van der Waals surface area contributed by atoms with Gasteiger partial charge in [0, 0.05) is 45.1 Å². The van der Waals surface area contributed by atoms with E-state index in [1.54, 1.807) is 14.2 Å². The van der Waals surface area contributed by atoms with Gasteiger partial charge >= 0.3 is 0 Å². The predicted octanol–water partition coefficient (Wildman–Crippen LogP) is 2.98. The van der Waals surface area contributed by atoms with Crippen molar-refractivity contribution in [1.82, 2.24) is 14.5 Å². The lowest BCUT2D eigenvalue weighted by Gasteiger charge is -2.34. The Morgan fingerprint density at radius 2 is 1.89 bits per heavy atom. The van der Waals surface area contributed by atoms with Crippen LogP contribution in [0, 0.1) is 0 Å². The number of hydrogen-bond donors (Lipinski definition) is 0. The molecule has 0 bridgehead atoms. The highest BCUT2D eigenvalue weighted by molar-refractivity contribution is 5.91. The summed E-state index contributed by atoms with van der Waals surface area (Å²) in [5.74, 6) is 2.66. The van der Waals surface area contributed by atoms with Crippen LogP contribution in [-0.2, 0) is 21.5 Å². The van der Waals surface area contributed by atoms with Gasteiger partial charge in [0.25, 0.3) is 0 Å². The van der Waals surface area contributed by atoms with Crippen LogP contribution in [0.5, 0.6) is 5.75 Å². The number of carbonyl (C=O) groups excluding carboxylic acids is 1. The van der Waals surface area contributed by atoms with E-state index in [1.807, 2.05) is 36.7 Å². The first-order valence-electron chi connectivity index (χ1n) is 10.1. The Hall–Kier alpha value is -2.34. The average Bonchev–Trinajstić information content (AvgIpc) is 3.43. The van der Waals surface area contributed by atoms with Gasteiger partial charge in [0.05, 0.1) is 19.1 Å². The maximum Gasteiger partial charge on any atom is 0.233 e. The van der Waals surface area contributed by atoms with Crippen molar-refractivity contribution in [3.8, 4) is 5.75 Å². The van der Waals surface area contributed by atoms with E-state index in [-0.39, 0.29) is 5.41 Å². The first-order valence-corrected chi connectivity index (χ1v) is 10.1. The molecule has 4 rings (SSSR count). The molecule has 2 fully saturated rings. The number of piperidine rings is 1. The minimum Gasteiger partial charge on any atom is -0.497 e. The van der Waals surface area contributed by atoms with Gasteiger partial charge in [-0.3, -0.25) is 4.79 Å². The van der Waals surface area contributed by atoms with Crippen LogP contribution in [0.15, 0.2) is 36.7 Å². The van der Waals surface area contributed by atoms with Crippen LogP contribution in [-0.4, -0.2) is 54.3 Å². The van der Waals surface area contributed by atoms with Crippen molar-refractivity contribution in [2.45, 2.75) is 43.6 Å². The second-order valence-corrected chi connectivity index (χ2v) is 7.85. The number of benzene rings is 1. The predicted molar refractivity (Wildman–Crippen MR) is 107 cm³/mol. The number of imidazole rings is 1. The molecular weight excluding hydrogens is 354 g/mol. The molecule has 1 aliphatic heterocycles. The van der Waals surface area contributed by atoms with E-state index in [9.17, 15) is 4.79 Å². The Labute approximate surface area is 166 Å². The number of methoxy groups -OCH3 is 2. The molecule has 1 aromatic heterocycles. The van der Waals surface area contributed by atoms with E-state index in [2.05, 4.69) is 14.5 Å². The molecule has 1 aromatic carbocycles. The standard InChI is InChI=1S/C22H29N3O3/c1-27-16-15-24-14-11-23-20(24)17-7-12-25(13-8-17)21(26)22(9-10-22)18-3-5-19(28-2)6-4-18/h3-6,11,14,17H,7-10,12-13,15-16H2,1-2H3. The molecule has 6 heteroatoms. The minimum atomic E-state index is -0.309. The molecule has 6 nitrogen and oxygen atoms in total. The first kappa shape index (κ1) is 19.0. The van der Waals surface area contributed by atoms with Gasteiger partial charge < -0.3 is 18.9 Å². The number of hydrogen-bond acceptors (Lipinski definition) is 4. The fraction of sp³-hybridized carbons (Fsp3) is 0.545. The average molecular weight is 383 g/mol. The molecule has 0 radical (unpaired) electrons. The topological polar surface area (TPSA) is 56.6 Å². The molecular formula is C22H29N3O3. The number of nitrogens with zero attached hydrogens (tertiary/aromatic N) is 3. The summed E-state index contributed by atoms with van der Waals surface area (Å²) in [5.41, 5.74) is 0.811. The first-order chi connectivity index (χ1) is 13.7. The number of carbonyl (C=O) groups is 1. The molecule has 0 atom stereocenters. The van der Waals surface area contributed by atoms with Gasteiger partial charge in [-0.05, 0) is 43.4 Å². The fourth-order valence-corrected chi connectivity index (χ4v) is 4.36. The normalized spacial score (nSPS) is 18.9. The third kappa shape index (κ3) is 3.53. The third-order valence-corrected chi connectivity index (χ3v) is 6.23. The monoisotopic (exact) mass is 383 g/mol. The van der Waals surface area contributed by atoms with Crippen LogP contribution in [0.4, 0.5) is 0 Å². The summed E-state index contributed by atoms with van der Waals surface area (Å²) in [6, 6.07) is 8.00. The van der Waals surface area contributed by atoms with Crippen molar-refractivity contribution >= 4 is 5.91 Å². The fourth-order valence-electron chi connectivity index (χ4n) is 4.36. The van der Waals surface area contributed by atoms with Gasteiger partial charge in [-0.25, -0.2) is 4.98 Å². The second kappa shape index (κ2) is 7.95. The second-order valence-electron chi connectivity index (χ2n) is 7.85. The number of likely N-dealkylation sites (tertiary alicyclic amines) is 1. The lowest BCUT2D eigenvalue weighted by Crippen LogP contribution is -2.44. The van der Waals surface area contributed by atoms with Crippen molar-refractivity contribution in [2.24, 2.45) is 0 Å². The zero-order chi connectivity index (χ0) is 19.6. The van der Waals surface area contributed by atoms with Gasteiger partial charge in [-0.1, -0.05) is 12.1 Å². The molecule has 1 saturated carbocycles. The van der Waals surface area contributed by atoms with Crippen LogP contribution < -0.4 is 4.74 Å². The molecule has 0 N–H and O–H groups in total. The van der Waals surface area contributed by atoms with Crippen LogP contribution in [0.25, 0.3) is 0 Å². The molecule has 0 unspecified atom stereocenters. The number of amides is 1. The molecule has 2 heterocycles. The summed E-state index contributed by atoms with van der Waals surface area (Å²) in [5, 5.41) is 0. The quantitative estimate of drug-likeness (QED) is 0.738. The van der Waals surface area contributed by atoms with Gasteiger partial charge in [0.2, 0.25) is 5.91 Å². The van der Waals surface area contributed by atoms with Crippen LogP contribution >= 0.6 is 0 Å². The zero-order valence-electron chi connectivity index (χ0n) is 16.8. The molecule has 28 heavy (non-hydrogen) atoms. The third-order valence-electron chi connectivity index (χ3n) is 6.23. The van der Waals surface area contributed by atoms with Gasteiger partial charge in [-0.15, -0.1) is 0 Å². The molecule has 2 aromatic rings. The summed E-state index contributed by atoms with van der Waals surface area (Å²) in [7, 11) is 3.38. The molecule has 2 aliphatic rings. The number of aromatic nitrogens is 2. The molecule has 1 saturated heterocycles.